The smallest absolute Gasteiger partial charge is 0.156 e. The largest absolute Gasteiger partial charge is 0.355 e. The SMILES string of the molecule is Cc1nc(N2CCCCC2)c2[nH]c(C)c(Cc3ccccc3)c2n1.Cc1nc(N2CCCCC2)c2[nH]c(CCc3ccccc3)cc2n1.Cl.Cl. The molecular weight excluding hydrogens is 663 g/mol. The van der Waals surface area contributed by atoms with Crippen molar-refractivity contribution in [2.45, 2.75) is 78.6 Å². The zero-order valence-corrected chi connectivity index (χ0v) is 31.2. The lowest BCUT2D eigenvalue weighted by molar-refractivity contribution is 0.574. The fourth-order valence-electron chi connectivity index (χ4n) is 7.24. The highest BCUT2D eigenvalue weighted by Crippen LogP contribution is 2.31. The number of H-pyrrole nitrogens is 2. The molecule has 10 heteroatoms. The van der Waals surface area contributed by atoms with E-state index in [9.17, 15) is 0 Å². The molecule has 8 nitrogen and oxygen atoms in total. The first-order valence-corrected chi connectivity index (χ1v) is 17.8. The Morgan fingerprint density at radius 2 is 1.12 bits per heavy atom. The van der Waals surface area contributed by atoms with Crippen molar-refractivity contribution in [2.75, 3.05) is 36.0 Å². The first-order chi connectivity index (χ1) is 23.5. The van der Waals surface area contributed by atoms with Gasteiger partial charge < -0.3 is 19.8 Å². The first-order valence-electron chi connectivity index (χ1n) is 17.8. The Morgan fingerprint density at radius 1 is 0.580 bits per heavy atom. The number of piperidine rings is 2. The van der Waals surface area contributed by atoms with Crippen molar-refractivity contribution in [2.24, 2.45) is 0 Å². The molecule has 4 aromatic heterocycles. The molecule has 2 saturated heterocycles. The summed E-state index contributed by atoms with van der Waals surface area (Å²) in [5.41, 5.74) is 10.8. The molecule has 0 atom stereocenters. The molecule has 264 valence electrons. The van der Waals surface area contributed by atoms with Crippen LogP contribution in [0.5, 0.6) is 0 Å². The Kier molecular flexibility index (Phi) is 12.8. The van der Waals surface area contributed by atoms with Crippen LogP contribution in [-0.4, -0.2) is 56.1 Å². The molecule has 0 bridgehead atoms. The van der Waals surface area contributed by atoms with Gasteiger partial charge >= 0.3 is 0 Å². The van der Waals surface area contributed by atoms with E-state index in [0.29, 0.717) is 0 Å². The standard InChI is InChI=1S/2C20H24N4.2ClH/c1-14-17(13-16-9-5-3-6-10-16)18-19(21-14)20(23-15(2)22-18)24-11-7-4-8-12-24;1-15-21-18-14-17(11-10-16-8-4-2-5-9-16)23-19(18)20(22-15)24-12-6-3-7-13-24;;/h3,5-6,9-10,21H,4,7-8,11-13H2,1-2H3;2,4-5,8-9,14,23H,3,6-7,10-13H2,1H3;2*1H. The second-order valence-electron chi connectivity index (χ2n) is 13.4. The third-order valence-corrected chi connectivity index (χ3v) is 9.74. The van der Waals surface area contributed by atoms with Crippen LogP contribution in [0.4, 0.5) is 11.6 Å². The minimum Gasteiger partial charge on any atom is -0.355 e. The number of hydrogen-bond acceptors (Lipinski definition) is 6. The van der Waals surface area contributed by atoms with Crippen LogP contribution in [-0.2, 0) is 19.3 Å². The maximum absolute atomic E-state index is 4.78. The van der Waals surface area contributed by atoms with Gasteiger partial charge in [-0.3, -0.25) is 0 Å². The third-order valence-electron chi connectivity index (χ3n) is 9.74. The Hall–Kier alpha value is -4.14. The number of aromatic nitrogens is 6. The minimum atomic E-state index is 0. The van der Waals surface area contributed by atoms with E-state index < -0.39 is 0 Å². The topological polar surface area (TPSA) is 89.6 Å². The monoisotopic (exact) mass is 712 g/mol. The van der Waals surface area contributed by atoms with Crippen molar-refractivity contribution < 1.29 is 0 Å². The quantitative estimate of drug-likeness (QED) is 0.172. The summed E-state index contributed by atoms with van der Waals surface area (Å²) >= 11 is 0. The highest BCUT2D eigenvalue weighted by Gasteiger charge is 2.21. The number of nitrogens with one attached hydrogen (secondary N) is 2. The van der Waals surface area contributed by atoms with Crippen molar-refractivity contribution >= 4 is 58.5 Å². The van der Waals surface area contributed by atoms with Crippen molar-refractivity contribution in [3.63, 3.8) is 0 Å². The Bertz CT molecular complexity index is 1960. The van der Waals surface area contributed by atoms with Crippen molar-refractivity contribution in [3.8, 4) is 0 Å². The van der Waals surface area contributed by atoms with E-state index in [1.54, 1.807) is 0 Å². The maximum atomic E-state index is 4.78. The minimum absolute atomic E-state index is 0. The molecule has 50 heavy (non-hydrogen) atoms. The van der Waals surface area contributed by atoms with Crippen LogP contribution >= 0.6 is 24.8 Å². The van der Waals surface area contributed by atoms with Gasteiger partial charge in [0.25, 0.3) is 0 Å². The van der Waals surface area contributed by atoms with Gasteiger partial charge in [-0.1, -0.05) is 60.7 Å². The van der Waals surface area contributed by atoms with E-state index in [-0.39, 0.29) is 24.8 Å². The van der Waals surface area contributed by atoms with Gasteiger partial charge in [-0.15, -0.1) is 24.8 Å². The summed E-state index contributed by atoms with van der Waals surface area (Å²) in [4.78, 5) is 30.9. The fraction of sp³-hybridized carbons (Fsp3) is 0.400. The molecule has 8 rings (SSSR count). The van der Waals surface area contributed by atoms with E-state index >= 15 is 0 Å². The molecule has 2 aliphatic heterocycles. The first kappa shape index (κ1) is 37.1. The van der Waals surface area contributed by atoms with Crippen molar-refractivity contribution in [3.05, 3.63) is 106 Å². The van der Waals surface area contributed by atoms with Crippen LogP contribution in [0.15, 0.2) is 66.7 Å². The lowest BCUT2D eigenvalue weighted by Crippen LogP contribution is -2.30. The van der Waals surface area contributed by atoms with Crippen LogP contribution in [0.2, 0.25) is 0 Å². The third kappa shape index (κ3) is 8.59. The number of hydrogen-bond donors (Lipinski definition) is 2. The molecule has 6 aromatic rings. The van der Waals surface area contributed by atoms with Crippen LogP contribution in [0.25, 0.3) is 22.1 Å². The normalized spacial score (nSPS) is 14.5. The summed E-state index contributed by atoms with van der Waals surface area (Å²) in [6, 6.07) is 23.4. The number of benzene rings is 2. The van der Waals surface area contributed by atoms with Gasteiger partial charge in [-0.2, -0.15) is 0 Å². The predicted molar refractivity (Wildman–Crippen MR) is 212 cm³/mol. The van der Waals surface area contributed by atoms with E-state index in [4.69, 9.17) is 15.0 Å². The van der Waals surface area contributed by atoms with Crippen molar-refractivity contribution in [1.82, 2.24) is 29.9 Å². The molecule has 0 amide bonds. The Labute approximate surface area is 308 Å². The highest BCUT2D eigenvalue weighted by atomic mass is 35.5. The summed E-state index contributed by atoms with van der Waals surface area (Å²) in [6.07, 6.45) is 10.6. The lowest BCUT2D eigenvalue weighted by Gasteiger charge is -2.28. The number of aryl methyl sites for hydroxylation is 5. The Balaban J connectivity index is 0.000000187. The molecule has 0 saturated carbocycles. The number of nitrogens with zero attached hydrogens (tertiary/aromatic N) is 6. The van der Waals surface area contributed by atoms with E-state index in [2.05, 4.69) is 98.4 Å². The van der Waals surface area contributed by atoms with Crippen LogP contribution in [0.3, 0.4) is 0 Å². The molecule has 2 aliphatic rings. The maximum Gasteiger partial charge on any atom is 0.156 e. The molecule has 0 radical (unpaired) electrons. The van der Waals surface area contributed by atoms with Gasteiger partial charge in [0, 0.05) is 49.6 Å². The fourth-order valence-corrected chi connectivity index (χ4v) is 7.24. The number of anilines is 2. The van der Waals surface area contributed by atoms with Crippen LogP contribution in [0.1, 0.15) is 78.3 Å². The summed E-state index contributed by atoms with van der Waals surface area (Å²) in [7, 11) is 0. The molecule has 2 N–H and O–H groups in total. The van der Waals surface area contributed by atoms with Gasteiger partial charge in [0.1, 0.15) is 22.7 Å². The molecule has 0 spiro atoms. The molecule has 2 fully saturated rings. The van der Waals surface area contributed by atoms with Gasteiger partial charge in [-0.25, -0.2) is 19.9 Å². The average Bonchev–Trinajstić information content (AvgIpc) is 3.68. The van der Waals surface area contributed by atoms with Gasteiger partial charge in [0.05, 0.1) is 11.0 Å². The van der Waals surface area contributed by atoms with Gasteiger partial charge in [0.15, 0.2) is 11.6 Å². The van der Waals surface area contributed by atoms with E-state index in [1.807, 2.05) is 13.8 Å². The summed E-state index contributed by atoms with van der Waals surface area (Å²) in [5.74, 6) is 3.89. The van der Waals surface area contributed by atoms with E-state index in [1.165, 1.54) is 66.6 Å². The van der Waals surface area contributed by atoms with Crippen LogP contribution in [0, 0.1) is 20.8 Å². The zero-order valence-electron chi connectivity index (χ0n) is 29.5. The number of rotatable bonds is 7. The lowest BCUT2D eigenvalue weighted by atomic mass is 10.0. The number of fused-ring (bicyclic) bond motifs is 2. The highest BCUT2D eigenvalue weighted by molar-refractivity contribution is 5.90. The van der Waals surface area contributed by atoms with Crippen LogP contribution < -0.4 is 9.80 Å². The molecule has 0 unspecified atom stereocenters. The van der Waals surface area contributed by atoms with Crippen molar-refractivity contribution in [1.29, 1.82) is 0 Å². The average molecular weight is 714 g/mol. The summed E-state index contributed by atoms with van der Waals surface area (Å²) in [6.45, 7) is 10.5. The summed E-state index contributed by atoms with van der Waals surface area (Å²) in [5, 5.41) is 0. The molecule has 6 heterocycles. The molecule has 2 aromatic carbocycles. The Morgan fingerprint density at radius 3 is 1.72 bits per heavy atom. The number of aromatic amines is 2. The second kappa shape index (κ2) is 17.2. The predicted octanol–water partition coefficient (Wildman–Crippen LogP) is 9.04. The molecular formula is C40H50Cl2N8. The second-order valence-corrected chi connectivity index (χ2v) is 13.4. The number of halogens is 2. The van der Waals surface area contributed by atoms with E-state index in [0.717, 1.165) is 90.8 Å². The van der Waals surface area contributed by atoms with Gasteiger partial charge in [-0.05, 0) is 89.3 Å². The molecule has 0 aliphatic carbocycles. The van der Waals surface area contributed by atoms with Gasteiger partial charge in [0.2, 0.25) is 0 Å². The summed E-state index contributed by atoms with van der Waals surface area (Å²) < 4.78 is 0. The zero-order chi connectivity index (χ0) is 32.9.